The lowest BCUT2D eigenvalue weighted by Crippen LogP contribution is -2.06. The number of phenolic OH excluding ortho intramolecular Hbond substituents is 1. The van der Waals surface area contributed by atoms with Crippen LogP contribution < -0.4 is 5.32 Å². The minimum atomic E-state index is -0.178. The number of tetrazole rings is 1. The third-order valence-electron chi connectivity index (χ3n) is 3.12. The number of amides is 1. The summed E-state index contributed by atoms with van der Waals surface area (Å²) in [5.74, 6) is 0.0164. The van der Waals surface area contributed by atoms with E-state index >= 15 is 0 Å². The van der Waals surface area contributed by atoms with E-state index in [1.807, 2.05) is 19.1 Å². The maximum atomic E-state index is 11.4. The summed E-state index contributed by atoms with van der Waals surface area (Å²) in [5.41, 5.74) is 1.37. The second-order valence-electron chi connectivity index (χ2n) is 4.75. The van der Waals surface area contributed by atoms with E-state index in [0.29, 0.717) is 16.2 Å². The van der Waals surface area contributed by atoms with E-state index in [9.17, 15) is 9.90 Å². The Morgan fingerprint density at radius 2 is 2.23 bits per heavy atom. The maximum absolute atomic E-state index is 11.4. The zero-order valence-electron chi connectivity index (χ0n) is 11.9. The van der Waals surface area contributed by atoms with Crippen molar-refractivity contribution in [1.82, 2.24) is 20.6 Å². The van der Waals surface area contributed by atoms with Gasteiger partial charge in [0.2, 0.25) is 11.1 Å². The number of rotatable bonds is 3. The smallest absolute Gasteiger partial charge is 0.235 e. The van der Waals surface area contributed by atoms with Crippen molar-refractivity contribution in [3.8, 4) is 5.75 Å². The van der Waals surface area contributed by atoms with E-state index in [4.69, 9.17) is 0 Å². The molecule has 0 aliphatic carbocycles. The number of anilines is 1. The Kier molecular flexibility index (Phi) is 3.68. The number of aryl methyl sites for hydroxylation is 1. The van der Waals surface area contributed by atoms with Gasteiger partial charge in [0.25, 0.3) is 0 Å². The van der Waals surface area contributed by atoms with Crippen molar-refractivity contribution in [1.29, 1.82) is 0 Å². The number of aromatic hydroxyl groups is 1. The van der Waals surface area contributed by atoms with Gasteiger partial charge in [-0.25, -0.2) is 0 Å². The molecule has 112 valence electrons. The summed E-state index contributed by atoms with van der Waals surface area (Å²) in [6.07, 6.45) is 0. The summed E-state index contributed by atoms with van der Waals surface area (Å²) in [7, 11) is 0. The topological polar surface area (TPSA) is 104 Å². The quantitative estimate of drug-likeness (QED) is 0.686. The Morgan fingerprint density at radius 1 is 1.41 bits per heavy atom. The fourth-order valence-corrected chi connectivity index (χ4v) is 3.16. The third kappa shape index (κ3) is 2.60. The molecule has 3 aromatic rings. The Labute approximate surface area is 130 Å². The van der Waals surface area contributed by atoms with Gasteiger partial charge >= 0.3 is 0 Å². The first-order valence-electron chi connectivity index (χ1n) is 6.50. The van der Waals surface area contributed by atoms with Crippen LogP contribution in [0.3, 0.4) is 0 Å². The second-order valence-corrected chi connectivity index (χ2v) is 5.76. The van der Waals surface area contributed by atoms with E-state index in [-0.39, 0.29) is 11.7 Å². The zero-order valence-corrected chi connectivity index (χ0v) is 12.7. The van der Waals surface area contributed by atoms with Crippen molar-refractivity contribution >= 4 is 34.1 Å². The molecule has 1 heterocycles. The Morgan fingerprint density at radius 3 is 2.91 bits per heavy atom. The molecule has 0 aliphatic heterocycles. The summed E-state index contributed by atoms with van der Waals surface area (Å²) in [6, 6.07) is 7.22. The average molecular weight is 315 g/mol. The maximum Gasteiger partial charge on any atom is 0.235 e. The van der Waals surface area contributed by atoms with Crippen LogP contribution in [0.2, 0.25) is 0 Å². The average Bonchev–Trinajstić information content (AvgIpc) is 2.96. The molecule has 8 heteroatoms. The summed E-state index contributed by atoms with van der Waals surface area (Å²) >= 11 is 1.31. The van der Waals surface area contributed by atoms with E-state index in [2.05, 4.69) is 25.9 Å². The number of carbonyl (C=O) groups is 1. The fourth-order valence-electron chi connectivity index (χ4n) is 2.23. The largest absolute Gasteiger partial charge is 0.507 e. The van der Waals surface area contributed by atoms with Gasteiger partial charge in [-0.3, -0.25) is 4.79 Å². The summed E-state index contributed by atoms with van der Waals surface area (Å²) in [5, 5.41) is 28.7. The highest BCUT2D eigenvalue weighted by molar-refractivity contribution is 7.99. The number of aromatic amines is 1. The minimum Gasteiger partial charge on any atom is -0.507 e. The van der Waals surface area contributed by atoms with Gasteiger partial charge in [0, 0.05) is 28.3 Å². The van der Waals surface area contributed by atoms with Crippen LogP contribution in [0, 0.1) is 6.92 Å². The van der Waals surface area contributed by atoms with Gasteiger partial charge in [0.1, 0.15) is 5.75 Å². The third-order valence-corrected chi connectivity index (χ3v) is 4.02. The molecule has 2 aromatic carbocycles. The molecule has 0 saturated heterocycles. The molecule has 0 bridgehead atoms. The SMILES string of the molecule is CC(=O)Nc1cccc2c(O)c(C)cc(Sc3nn[nH]n3)c12. The van der Waals surface area contributed by atoms with Gasteiger partial charge < -0.3 is 10.4 Å². The van der Waals surface area contributed by atoms with Crippen molar-refractivity contribution in [3.63, 3.8) is 0 Å². The fraction of sp³-hybridized carbons (Fsp3) is 0.143. The number of hydrogen-bond donors (Lipinski definition) is 3. The second kappa shape index (κ2) is 5.64. The van der Waals surface area contributed by atoms with E-state index in [1.165, 1.54) is 18.7 Å². The molecule has 0 aliphatic rings. The molecule has 22 heavy (non-hydrogen) atoms. The van der Waals surface area contributed by atoms with E-state index < -0.39 is 0 Å². The molecule has 1 aromatic heterocycles. The van der Waals surface area contributed by atoms with Crippen molar-refractivity contribution in [2.45, 2.75) is 23.9 Å². The molecule has 0 saturated carbocycles. The molecule has 0 atom stereocenters. The van der Waals surface area contributed by atoms with Crippen LogP contribution in [0.25, 0.3) is 10.8 Å². The van der Waals surface area contributed by atoms with Crippen LogP contribution >= 0.6 is 11.8 Å². The van der Waals surface area contributed by atoms with Crippen LogP contribution in [0.5, 0.6) is 5.75 Å². The number of carbonyl (C=O) groups excluding carboxylic acids is 1. The molecule has 0 unspecified atom stereocenters. The number of aromatic nitrogens is 4. The van der Waals surface area contributed by atoms with Crippen LogP contribution in [-0.2, 0) is 4.79 Å². The van der Waals surface area contributed by atoms with Crippen LogP contribution in [0.1, 0.15) is 12.5 Å². The van der Waals surface area contributed by atoms with Gasteiger partial charge in [-0.15, -0.1) is 10.2 Å². The van der Waals surface area contributed by atoms with Crippen LogP contribution in [0.15, 0.2) is 34.3 Å². The van der Waals surface area contributed by atoms with E-state index in [0.717, 1.165) is 15.8 Å². The predicted molar refractivity (Wildman–Crippen MR) is 83.0 cm³/mol. The minimum absolute atomic E-state index is 0.178. The highest BCUT2D eigenvalue weighted by Gasteiger charge is 2.15. The number of benzene rings is 2. The highest BCUT2D eigenvalue weighted by Crippen LogP contribution is 2.41. The molecule has 1 amide bonds. The number of H-pyrrole nitrogens is 1. The molecule has 0 radical (unpaired) electrons. The Bertz CT molecular complexity index is 848. The number of nitrogens with one attached hydrogen (secondary N) is 2. The van der Waals surface area contributed by atoms with Crippen molar-refractivity contribution in [2.75, 3.05) is 5.32 Å². The lowest BCUT2D eigenvalue weighted by molar-refractivity contribution is -0.114. The first kappa shape index (κ1) is 14.3. The number of phenols is 1. The van der Waals surface area contributed by atoms with Crippen molar-refractivity contribution in [3.05, 3.63) is 29.8 Å². The van der Waals surface area contributed by atoms with Gasteiger partial charge in [-0.05, 0) is 41.6 Å². The Balaban J connectivity index is 2.24. The number of fused-ring (bicyclic) bond motifs is 1. The first-order chi connectivity index (χ1) is 10.6. The lowest BCUT2D eigenvalue weighted by Gasteiger charge is -2.13. The molecule has 7 nitrogen and oxygen atoms in total. The van der Waals surface area contributed by atoms with Crippen molar-refractivity contribution in [2.24, 2.45) is 0 Å². The molecule has 0 fully saturated rings. The Hall–Kier alpha value is -2.61. The molecular formula is C14H13N5O2S. The van der Waals surface area contributed by atoms with Crippen LogP contribution in [-0.4, -0.2) is 31.6 Å². The summed E-state index contributed by atoms with van der Waals surface area (Å²) in [4.78, 5) is 12.2. The monoisotopic (exact) mass is 315 g/mol. The number of hydrogen-bond acceptors (Lipinski definition) is 6. The molecule has 3 N–H and O–H groups in total. The molecular weight excluding hydrogens is 302 g/mol. The standard InChI is InChI=1S/C14H13N5O2S/c1-7-6-11(22-14-16-18-19-17-14)12-9(13(7)21)4-3-5-10(12)15-8(2)20/h3-6,21H,1-2H3,(H,15,20)(H,16,17,18,19). The predicted octanol–water partition coefficient (Wildman–Crippen LogP) is 2.48. The highest BCUT2D eigenvalue weighted by atomic mass is 32.2. The lowest BCUT2D eigenvalue weighted by atomic mass is 10.0. The molecule has 3 rings (SSSR count). The van der Waals surface area contributed by atoms with E-state index in [1.54, 1.807) is 12.1 Å². The summed E-state index contributed by atoms with van der Waals surface area (Å²) in [6.45, 7) is 3.26. The normalized spacial score (nSPS) is 10.8. The number of nitrogens with zero attached hydrogens (tertiary/aromatic N) is 3. The van der Waals surface area contributed by atoms with Gasteiger partial charge in [0.05, 0.1) is 0 Å². The summed E-state index contributed by atoms with van der Waals surface area (Å²) < 4.78 is 0. The first-order valence-corrected chi connectivity index (χ1v) is 7.32. The van der Waals surface area contributed by atoms with Gasteiger partial charge in [0.15, 0.2) is 0 Å². The van der Waals surface area contributed by atoms with Gasteiger partial charge in [-0.2, -0.15) is 5.21 Å². The molecule has 0 spiro atoms. The van der Waals surface area contributed by atoms with Crippen molar-refractivity contribution < 1.29 is 9.90 Å². The van der Waals surface area contributed by atoms with Crippen LogP contribution in [0.4, 0.5) is 5.69 Å². The zero-order chi connectivity index (χ0) is 15.7. The van der Waals surface area contributed by atoms with Gasteiger partial charge in [-0.1, -0.05) is 12.1 Å².